The van der Waals surface area contributed by atoms with Crippen LogP contribution in [0.15, 0.2) is 24.3 Å². The lowest BCUT2D eigenvalue weighted by molar-refractivity contribution is -0.150. The second-order valence-electron chi connectivity index (χ2n) is 7.50. The van der Waals surface area contributed by atoms with Crippen LogP contribution in [0, 0.1) is 17.2 Å². The lowest BCUT2D eigenvalue weighted by Crippen LogP contribution is -2.46. The summed E-state index contributed by atoms with van der Waals surface area (Å²) in [6.07, 6.45) is 2.75. The number of thiophene rings is 1. The summed E-state index contributed by atoms with van der Waals surface area (Å²) in [5.41, 5.74) is 1.74. The summed E-state index contributed by atoms with van der Waals surface area (Å²) in [6.45, 7) is 2.99. The molecule has 0 saturated carbocycles. The number of benzene rings is 1. The number of ether oxygens (including phenoxy) is 1. The average Bonchev–Trinajstić information content (AvgIpc) is 3.30. The molecule has 1 aromatic carbocycles. The van der Waals surface area contributed by atoms with E-state index in [1.165, 1.54) is 11.3 Å². The van der Waals surface area contributed by atoms with E-state index in [2.05, 4.69) is 16.7 Å². The first kappa shape index (κ1) is 22.8. The Morgan fingerprint density at radius 1 is 1.26 bits per heavy atom. The topological polar surface area (TPSA) is 108 Å². The number of nitrogens with zero attached hydrogens (tertiary/aromatic N) is 1. The molecule has 31 heavy (non-hydrogen) atoms. The number of fused-ring (bicyclic) bond motifs is 1. The molecular weight excluding hydrogens is 438 g/mol. The third kappa shape index (κ3) is 5.24. The fourth-order valence-corrected chi connectivity index (χ4v) is 4.84. The predicted molar refractivity (Wildman–Crippen MR) is 118 cm³/mol. The third-order valence-electron chi connectivity index (χ3n) is 4.96. The Labute approximate surface area is 189 Å². The van der Waals surface area contributed by atoms with Gasteiger partial charge in [0.25, 0.3) is 11.8 Å². The van der Waals surface area contributed by atoms with Crippen molar-refractivity contribution in [1.82, 2.24) is 5.32 Å². The minimum Gasteiger partial charge on any atom is -0.454 e. The molecule has 9 heteroatoms. The fourth-order valence-electron chi connectivity index (χ4n) is 3.36. The van der Waals surface area contributed by atoms with Crippen molar-refractivity contribution < 1.29 is 19.1 Å². The molecule has 1 aliphatic rings. The summed E-state index contributed by atoms with van der Waals surface area (Å²) in [7, 11) is 0. The maximum absolute atomic E-state index is 12.5. The van der Waals surface area contributed by atoms with Gasteiger partial charge in [0.2, 0.25) is 0 Å². The monoisotopic (exact) mass is 459 g/mol. The van der Waals surface area contributed by atoms with Gasteiger partial charge in [-0.2, -0.15) is 5.26 Å². The minimum absolute atomic E-state index is 0.245. The van der Waals surface area contributed by atoms with E-state index in [4.69, 9.17) is 16.3 Å². The number of carbonyl (C=O) groups is 3. The van der Waals surface area contributed by atoms with Gasteiger partial charge >= 0.3 is 5.97 Å². The standard InChI is InChI=1S/C22H22ClN3O4S/c1-12(2)19(26-20(28)14-6-3-4-8-16(14)23)22(29)30-11-18(27)25-21-15(10-24)13-7-5-9-17(13)31-21/h3-4,6,8,12,19H,5,7,9,11H2,1-2H3,(H,25,27)(H,26,28)/t19-/m0/s1. The van der Waals surface area contributed by atoms with Crippen molar-refractivity contribution in [3.8, 4) is 6.07 Å². The Morgan fingerprint density at radius 3 is 2.68 bits per heavy atom. The first-order chi connectivity index (χ1) is 14.8. The van der Waals surface area contributed by atoms with E-state index in [9.17, 15) is 19.6 Å². The molecule has 0 radical (unpaired) electrons. The van der Waals surface area contributed by atoms with Crippen LogP contribution in [-0.2, 0) is 27.2 Å². The molecule has 3 rings (SSSR count). The van der Waals surface area contributed by atoms with E-state index < -0.39 is 30.4 Å². The number of hydrogen-bond donors (Lipinski definition) is 2. The summed E-state index contributed by atoms with van der Waals surface area (Å²) in [5.74, 6) is -2.03. The average molecular weight is 460 g/mol. The molecule has 1 aliphatic carbocycles. The lowest BCUT2D eigenvalue weighted by Gasteiger charge is -2.21. The largest absolute Gasteiger partial charge is 0.454 e. The minimum atomic E-state index is -0.947. The number of halogens is 1. The molecule has 1 atom stereocenters. The van der Waals surface area contributed by atoms with E-state index >= 15 is 0 Å². The quantitative estimate of drug-likeness (QED) is 0.614. The zero-order chi connectivity index (χ0) is 22.5. The normalized spacial score (nSPS) is 13.3. The summed E-state index contributed by atoms with van der Waals surface area (Å²) in [6, 6.07) is 7.71. The Hall–Kier alpha value is -2.89. The predicted octanol–water partition coefficient (Wildman–Crippen LogP) is 3.70. The van der Waals surface area contributed by atoms with Gasteiger partial charge in [0.05, 0.1) is 16.1 Å². The van der Waals surface area contributed by atoms with Crippen LogP contribution >= 0.6 is 22.9 Å². The van der Waals surface area contributed by atoms with Crippen LogP contribution in [0.5, 0.6) is 0 Å². The van der Waals surface area contributed by atoms with Crippen molar-refractivity contribution in [2.45, 2.75) is 39.2 Å². The first-order valence-corrected chi connectivity index (χ1v) is 11.1. The number of nitrogens with one attached hydrogen (secondary N) is 2. The number of anilines is 1. The maximum atomic E-state index is 12.5. The van der Waals surface area contributed by atoms with Crippen molar-refractivity contribution in [1.29, 1.82) is 5.26 Å². The molecule has 0 unspecified atom stereocenters. The van der Waals surface area contributed by atoms with Gasteiger partial charge in [-0.05, 0) is 42.9 Å². The van der Waals surface area contributed by atoms with E-state index in [0.29, 0.717) is 10.6 Å². The molecule has 0 saturated heterocycles. The van der Waals surface area contributed by atoms with Gasteiger partial charge in [0.1, 0.15) is 17.1 Å². The van der Waals surface area contributed by atoms with E-state index in [-0.39, 0.29) is 16.5 Å². The Morgan fingerprint density at radius 2 is 2.00 bits per heavy atom. The maximum Gasteiger partial charge on any atom is 0.329 e. The lowest BCUT2D eigenvalue weighted by atomic mass is 10.0. The third-order valence-corrected chi connectivity index (χ3v) is 6.49. The Balaban J connectivity index is 1.59. The molecule has 162 valence electrons. The zero-order valence-electron chi connectivity index (χ0n) is 17.2. The van der Waals surface area contributed by atoms with Crippen LogP contribution in [0.1, 0.15) is 46.6 Å². The van der Waals surface area contributed by atoms with Crippen LogP contribution in [0.4, 0.5) is 5.00 Å². The summed E-state index contributed by atoms with van der Waals surface area (Å²) in [4.78, 5) is 38.4. The number of hydrogen-bond acceptors (Lipinski definition) is 6. The number of carbonyl (C=O) groups excluding carboxylic acids is 3. The highest BCUT2D eigenvalue weighted by molar-refractivity contribution is 7.16. The van der Waals surface area contributed by atoms with Gasteiger partial charge in [-0.3, -0.25) is 9.59 Å². The molecule has 2 aromatic rings. The van der Waals surface area contributed by atoms with Crippen molar-refractivity contribution >= 4 is 45.7 Å². The van der Waals surface area contributed by atoms with Crippen molar-refractivity contribution in [3.05, 3.63) is 50.9 Å². The number of aryl methyl sites for hydroxylation is 1. The van der Waals surface area contributed by atoms with Crippen LogP contribution in [0.25, 0.3) is 0 Å². The molecule has 2 N–H and O–H groups in total. The molecule has 1 heterocycles. The Kier molecular flexibility index (Phi) is 7.31. The number of nitriles is 1. The Bertz CT molecular complexity index is 1060. The molecular formula is C22H22ClN3O4S. The van der Waals surface area contributed by atoms with Crippen molar-refractivity contribution in [2.75, 3.05) is 11.9 Å². The second kappa shape index (κ2) is 9.94. The van der Waals surface area contributed by atoms with Gasteiger partial charge < -0.3 is 15.4 Å². The van der Waals surface area contributed by atoms with E-state index in [1.807, 2.05) is 0 Å². The summed E-state index contributed by atoms with van der Waals surface area (Å²) >= 11 is 7.43. The van der Waals surface area contributed by atoms with Gasteiger partial charge in [-0.1, -0.05) is 37.6 Å². The number of esters is 1. The van der Waals surface area contributed by atoms with Crippen molar-refractivity contribution in [2.24, 2.45) is 5.92 Å². The highest BCUT2D eigenvalue weighted by Crippen LogP contribution is 2.38. The van der Waals surface area contributed by atoms with Gasteiger partial charge in [-0.25, -0.2) is 4.79 Å². The summed E-state index contributed by atoms with van der Waals surface area (Å²) < 4.78 is 5.14. The van der Waals surface area contributed by atoms with Crippen LogP contribution in [0.2, 0.25) is 5.02 Å². The van der Waals surface area contributed by atoms with E-state index in [1.54, 1.807) is 38.1 Å². The van der Waals surface area contributed by atoms with Crippen LogP contribution in [-0.4, -0.2) is 30.4 Å². The molecule has 1 aromatic heterocycles. The van der Waals surface area contributed by atoms with Crippen LogP contribution < -0.4 is 10.6 Å². The molecule has 7 nitrogen and oxygen atoms in total. The van der Waals surface area contributed by atoms with Crippen LogP contribution in [0.3, 0.4) is 0 Å². The molecule has 0 bridgehead atoms. The fraction of sp³-hybridized carbons (Fsp3) is 0.364. The highest BCUT2D eigenvalue weighted by Gasteiger charge is 2.28. The van der Waals surface area contributed by atoms with Gasteiger partial charge in [0, 0.05) is 4.88 Å². The zero-order valence-corrected chi connectivity index (χ0v) is 18.7. The van der Waals surface area contributed by atoms with Gasteiger partial charge in [-0.15, -0.1) is 11.3 Å². The molecule has 0 spiro atoms. The SMILES string of the molecule is CC(C)[C@H](NC(=O)c1ccccc1Cl)C(=O)OCC(=O)Nc1sc2c(c1C#N)CCC2. The van der Waals surface area contributed by atoms with E-state index in [0.717, 1.165) is 29.7 Å². The molecule has 2 amide bonds. The van der Waals surface area contributed by atoms with Crippen molar-refractivity contribution in [3.63, 3.8) is 0 Å². The number of amides is 2. The van der Waals surface area contributed by atoms with Gasteiger partial charge in [0.15, 0.2) is 6.61 Å². The smallest absolute Gasteiger partial charge is 0.329 e. The summed E-state index contributed by atoms with van der Waals surface area (Å²) in [5, 5.41) is 15.4. The highest BCUT2D eigenvalue weighted by atomic mass is 35.5. The number of rotatable bonds is 7. The molecule has 0 fully saturated rings. The first-order valence-electron chi connectivity index (χ1n) is 9.88. The second-order valence-corrected chi connectivity index (χ2v) is 9.02. The molecule has 0 aliphatic heterocycles.